The van der Waals surface area contributed by atoms with Gasteiger partial charge < -0.3 is 15.0 Å². The number of nitrogens with zero attached hydrogens (tertiary/aromatic N) is 1. The molecular weight excluding hydrogens is 285 g/mol. The predicted octanol–water partition coefficient (Wildman–Crippen LogP) is -2.34. The number of carbonyl (C=O) groups is 3. The molecule has 2 rings (SSSR count). The van der Waals surface area contributed by atoms with Gasteiger partial charge in [0.1, 0.15) is 0 Å². The fourth-order valence-electron chi connectivity index (χ4n) is 1.27. The monoisotopic (exact) mass is 291 g/mol. The van der Waals surface area contributed by atoms with E-state index in [9.17, 15) is 9.59 Å². The minimum absolute atomic E-state index is 0. The molecule has 0 spiro atoms. The maximum absolute atomic E-state index is 11.3. The molecule has 0 aliphatic carbocycles. The van der Waals surface area contributed by atoms with E-state index >= 15 is 0 Å². The van der Waals surface area contributed by atoms with Crippen LogP contribution in [0.2, 0.25) is 5.02 Å². The first-order valence-corrected chi connectivity index (χ1v) is 5.02. The number of carbonyl (C=O) groups excluding carboxylic acids is 2. The van der Waals surface area contributed by atoms with Crippen molar-refractivity contribution >= 4 is 35.3 Å². The standard InChI is InChI=1S/C10H6ClNO2.CH2O3.Na/c11-7-3-1-2-4-8(7)12-9(13)5-6-10(12)14;2-1(3)4;/h1-6H;(H2,2,3,4);/q;;+1/p-1. The van der Waals surface area contributed by atoms with E-state index in [1.807, 2.05) is 0 Å². The SMILES string of the molecule is O=C([O-])O.O=C1C=CC(=O)N1c1ccccc1Cl.[Na+]. The van der Waals surface area contributed by atoms with E-state index in [0.717, 1.165) is 4.90 Å². The Hall–Kier alpha value is -1.34. The van der Waals surface area contributed by atoms with Crippen molar-refractivity contribution in [2.24, 2.45) is 0 Å². The largest absolute Gasteiger partial charge is 1.00 e. The van der Waals surface area contributed by atoms with Gasteiger partial charge in [0.2, 0.25) is 6.16 Å². The summed E-state index contributed by atoms with van der Waals surface area (Å²) in [5.41, 5.74) is 0.425. The molecule has 1 N–H and O–H groups in total. The van der Waals surface area contributed by atoms with E-state index in [-0.39, 0.29) is 41.4 Å². The van der Waals surface area contributed by atoms with E-state index in [0.29, 0.717) is 10.7 Å². The third-order valence-electron chi connectivity index (χ3n) is 1.90. The zero-order chi connectivity index (χ0) is 13.7. The normalized spacial score (nSPS) is 12.6. The summed E-state index contributed by atoms with van der Waals surface area (Å²) in [5.74, 6) is -0.716. The number of halogens is 1. The minimum atomic E-state index is -2.08. The molecule has 0 saturated heterocycles. The zero-order valence-electron chi connectivity index (χ0n) is 9.87. The molecule has 0 bridgehead atoms. The van der Waals surface area contributed by atoms with Crippen molar-refractivity contribution in [2.45, 2.75) is 0 Å². The molecule has 8 heteroatoms. The molecule has 0 aromatic heterocycles. The van der Waals surface area contributed by atoms with Crippen LogP contribution in [-0.2, 0) is 9.59 Å². The van der Waals surface area contributed by atoms with Crippen LogP contribution in [0.3, 0.4) is 0 Å². The van der Waals surface area contributed by atoms with Crippen LogP contribution in [0.1, 0.15) is 0 Å². The average Bonchev–Trinajstić information content (AvgIpc) is 2.59. The number of rotatable bonds is 1. The summed E-state index contributed by atoms with van der Waals surface area (Å²) >= 11 is 5.86. The topological polar surface area (TPSA) is 97.7 Å². The second kappa shape index (κ2) is 7.96. The van der Waals surface area contributed by atoms with Crippen LogP contribution < -0.4 is 39.6 Å². The second-order valence-electron chi connectivity index (χ2n) is 3.06. The summed E-state index contributed by atoms with van der Waals surface area (Å²) in [6, 6.07) is 6.73. The third kappa shape index (κ3) is 5.04. The summed E-state index contributed by atoms with van der Waals surface area (Å²) in [7, 11) is 0. The Morgan fingerprint density at radius 1 is 1.16 bits per heavy atom. The molecular formula is C11H7ClNNaO5. The summed E-state index contributed by atoms with van der Waals surface area (Å²) in [6.45, 7) is 0. The molecule has 0 fully saturated rings. The van der Waals surface area contributed by atoms with Gasteiger partial charge in [0.25, 0.3) is 11.8 Å². The Labute approximate surface area is 135 Å². The van der Waals surface area contributed by atoms with Crippen LogP contribution in [0, 0.1) is 0 Å². The maximum Gasteiger partial charge on any atom is 1.00 e. The minimum Gasteiger partial charge on any atom is -0.565 e. The van der Waals surface area contributed by atoms with Crippen LogP contribution >= 0.6 is 11.6 Å². The first kappa shape index (κ1) is 17.7. The molecule has 6 nitrogen and oxygen atoms in total. The number of para-hydroxylation sites is 1. The smallest absolute Gasteiger partial charge is 0.565 e. The molecule has 1 aliphatic heterocycles. The average molecular weight is 292 g/mol. The first-order chi connectivity index (χ1) is 8.43. The van der Waals surface area contributed by atoms with Crippen molar-refractivity contribution in [1.29, 1.82) is 0 Å². The van der Waals surface area contributed by atoms with E-state index in [1.54, 1.807) is 24.3 Å². The van der Waals surface area contributed by atoms with Crippen molar-refractivity contribution in [1.82, 2.24) is 0 Å². The van der Waals surface area contributed by atoms with E-state index in [1.165, 1.54) is 12.2 Å². The maximum atomic E-state index is 11.3. The number of hydrogen-bond acceptors (Lipinski definition) is 4. The summed E-state index contributed by atoms with van der Waals surface area (Å²) in [4.78, 5) is 32.1. The summed E-state index contributed by atoms with van der Waals surface area (Å²) < 4.78 is 0. The van der Waals surface area contributed by atoms with E-state index in [4.69, 9.17) is 26.6 Å². The van der Waals surface area contributed by atoms with Gasteiger partial charge in [-0.1, -0.05) is 23.7 Å². The van der Waals surface area contributed by atoms with Crippen molar-refractivity contribution in [3.63, 3.8) is 0 Å². The number of anilines is 1. The Morgan fingerprint density at radius 3 is 2.00 bits per heavy atom. The van der Waals surface area contributed by atoms with E-state index < -0.39 is 6.16 Å². The third-order valence-corrected chi connectivity index (χ3v) is 2.22. The van der Waals surface area contributed by atoms with Crippen LogP contribution in [0.4, 0.5) is 10.5 Å². The molecule has 1 aliphatic rings. The molecule has 2 amide bonds. The molecule has 19 heavy (non-hydrogen) atoms. The number of benzene rings is 1. The Morgan fingerprint density at radius 2 is 1.58 bits per heavy atom. The molecule has 0 atom stereocenters. The van der Waals surface area contributed by atoms with Gasteiger partial charge in [0, 0.05) is 12.2 Å². The summed E-state index contributed by atoms with van der Waals surface area (Å²) in [5, 5.41) is 15.7. The number of imide groups is 1. The zero-order valence-corrected chi connectivity index (χ0v) is 12.6. The van der Waals surface area contributed by atoms with Crippen LogP contribution in [0.5, 0.6) is 0 Å². The van der Waals surface area contributed by atoms with Gasteiger partial charge in [-0.25, -0.2) is 4.90 Å². The molecule has 1 aromatic rings. The number of carboxylic acid groups (broad SMARTS) is 2. The van der Waals surface area contributed by atoms with Gasteiger partial charge >= 0.3 is 29.6 Å². The van der Waals surface area contributed by atoms with Gasteiger partial charge in [-0.3, -0.25) is 9.59 Å². The van der Waals surface area contributed by atoms with Gasteiger partial charge in [-0.2, -0.15) is 0 Å². The van der Waals surface area contributed by atoms with Gasteiger partial charge in [-0.05, 0) is 12.1 Å². The fraction of sp³-hybridized carbons (Fsp3) is 0. The molecule has 1 aromatic carbocycles. The van der Waals surface area contributed by atoms with Crippen molar-refractivity contribution in [3.8, 4) is 0 Å². The van der Waals surface area contributed by atoms with Crippen LogP contribution in [0.15, 0.2) is 36.4 Å². The van der Waals surface area contributed by atoms with Gasteiger partial charge in [0.15, 0.2) is 0 Å². The number of amides is 2. The second-order valence-corrected chi connectivity index (χ2v) is 3.47. The Kier molecular flexibility index (Phi) is 7.40. The molecule has 0 radical (unpaired) electrons. The summed E-state index contributed by atoms with van der Waals surface area (Å²) in [6.07, 6.45) is 0.372. The molecule has 94 valence electrons. The molecule has 1 heterocycles. The first-order valence-electron chi connectivity index (χ1n) is 4.64. The van der Waals surface area contributed by atoms with Gasteiger partial charge in [0.05, 0.1) is 10.7 Å². The predicted molar refractivity (Wildman–Crippen MR) is 61.1 cm³/mol. The Balaban J connectivity index is 0.000000576. The quantitative estimate of drug-likeness (QED) is 0.462. The van der Waals surface area contributed by atoms with Crippen molar-refractivity contribution in [2.75, 3.05) is 4.90 Å². The van der Waals surface area contributed by atoms with Crippen LogP contribution in [-0.4, -0.2) is 23.1 Å². The van der Waals surface area contributed by atoms with Gasteiger partial charge in [-0.15, -0.1) is 0 Å². The molecule has 0 unspecified atom stereocenters. The van der Waals surface area contributed by atoms with Crippen molar-refractivity contribution in [3.05, 3.63) is 41.4 Å². The number of hydrogen-bond donors (Lipinski definition) is 1. The van der Waals surface area contributed by atoms with Crippen LogP contribution in [0.25, 0.3) is 0 Å². The van der Waals surface area contributed by atoms with Crippen molar-refractivity contribution < 1.29 is 54.2 Å². The molecule has 0 saturated carbocycles. The fourth-order valence-corrected chi connectivity index (χ4v) is 1.49. The Bertz CT molecular complexity index is 510. The van der Waals surface area contributed by atoms with E-state index in [2.05, 4.69) is 0 Å².